The van der Waals surface area contributed by atoms with Crippen molar-refractivity contribution in [1.82, 2.24) is 10.2 Å². The van der Waals surface area contributed by atoms with E-state index in [-0.39, 0.29) is 42.3 Å². The van der Waals surface area contributed by atoms with Crippen LogP contribution in [-0.2, 0) is 0 Å². The Labute approximate surface area is 159 Å². The first-order valence-electron chi connectivity index (χ1n) is 8.12. The van der Waals surface area contributed by atoms with Gasteiger partial charge in [0.25, 0.3) is 0 Å². The summed E-state index contributed by atoms with van der Waals surface area (Å²) in [7, 11) is 1.42. The number of nitro groups is 1. The number of phenols is 1. The lowest BCUT2D eigenvalue weighted by atomic mass is 9.76. The highest BCUT2D eigenvalue weighted by molar-refractivity contribution is 5.85. The van der Waals surface area contributed by atoms with Crippen LogP contribution in [0.4, 0.5) is 5.69 Å². The van der Waals surface area contributed by atoms with E-state index in [2.05, 4.69) is 10.2 Å². The van der Waals surface area contributed by atoms with Crippen LogP contribution in [0.15, 0.2) is 12.1 Å². The number of phenolic OH excluding ortho intramolecular Hbond substituents is 1. The molecule has 1 aromatic rings. The number of methoxy groups -OCH3 is 1. The van der Waals surface area contributed by atoms with Gasteiger partial charge in [0.15, 0.2) is 5.75 Å². The second kappa shape index (κ2) is 9.43. The first kappa shape index (κ1) is 21.8. The van der Waals surface area contributed by atoms with Crippen molar-refractivity contribution in [3.8, 4) is 11.5 Å². The molecule has 0 radical (unpaired) electrons. The van der Waals surface area contributed by atoms with Crippen molar-refractivity contribution in [2.45, 2.75) is 25.3 Å². The van der Waals surface area contributed by atoms with Crippen molar-refractivity contribution >= 4 is 30.5 Å². The Morgan fingerprint density at radius 1 is 1.32 bits per heavy atom. The average Bonchev–Trinajstić information content (AvgIpc) is 2.51. The van der Waals surface area contributed by atoms with Crippen molar-refractivity contribution in [3.05, 3.63) is 27.8 Å². The lowest BCUT2D eigenvalue weighted by Crippen LogP contribution is -2.47. The summed E-state index contributed by atoms with van der Waals surface area (Å²) in [5, 5.41) is 24.6. The summed E-state index contributed by atoms with van der Waals surface area (Å²) in [5.74, 6) is 0.296. The molecule has 0 aromatic heterocycles. The predicted molar refractivity (Wildman–Crippen MR) is 100 cm³/mol. The topological polar surface area (TPSA) is 87.9 Å². The largest absolute Gasteiger partial charge is 0.500 e. The molecule has 0 amide bonds. The number of hydrogen-bond donors (Lipinski definition) is 2. The Hall–Kier alpha value is -1.28. The Morgan fingerprint density at radius 3 is 2.44 bits per heavy atom. The van der Waals surface area contributed by atoms with Gasteiger partial charge in [-0.3, -0.25) is 15.0 Å². The molecular weight excluding hydrogens is 369 g/mol. The molecule has 2 N–H and O–H groups in total. The number of aromatic hydroxyl groups is 1. The Morgan fingerprint density at radius 2 is 1.96 bits per heavy atom. The molecule has 0 spiro atoms. The smallest absolute Gasteiger partial charge is 0.314 e. The van der Waals surface area contributed by atoms with E-state index in [1.54, 1.807) is 6.07 Å². The lowest BCUT2D eigenvalue weighted by Gasteiger charge is -2.43. The molecule has 1 aliphatic carbocycles. The van der Waals surface area contributed by atoms with Crippen molar-refractivity contribution < 1.29 is 14.8 Å². The molecular formula is C16H25Cl2N3O4. The highest BCUT2D eigenvalue weighted by atomic mass is 35.5. The monoisotopic (exact) mass is 393 g/mol. The van der Waals surface area contributed by atoms with E-state index in [0.29, 0.717) is 5.92 Å². The van der Waals surface area contributed by atoms with Crippen LogP contribution in [0, 0.1) is 16.0 Å². The minimum atomic E-state index is -0.545. The second-order valence-electron chi connectivity index (χ2n) is 6.27. The molecule has 2 fully saturated rings. The molecule has 3 rings (SSSR count). The maximum Gasteiger partial charge on any atom is 0.314 e. The van der Waals surface area contributed by atoms with Gasteiger partial charge in [-0.05, 0) is 30.4 Å². The normalized spacial score (nSPS) is 19.1. The highest BCUT2D eigenvalue weighted by Crippen LogP contribution is 2.46. The van der Waals surface area contributed by atoms with Gasteiger partial charge in [-0.25, -0.2) is 0 Å². The van der Waals surface area contributed by atoms with Crippen LogP contribution in [-0.4, -0.2) is 48.2 Å². The molecule has 1 saturated heterocycles. The Bertz CT molecular complexity index is 593. The highest BCUT2D eigenvalue weighted by Gasteiger charge is 2.35. The first-order chi connectivity index (χ1) is 11.1. The summed E-state index contributed by atoms with van der Waals surface area (Å²) in [6, 6.07) is 3.43. The third-order valence-electron chi connectivity index (χ3n) is 4.98. The number of nitrogens with one attached hydrogen (secondary N) is 1. The van der Waals surface area contributed by atoms with E-state index in [4.69, 9.17) is 4.74 Å². The average molecular weight is 394 g/mol. The summed E-state index contributed by atoms with van der Waals surface area (Å²) in [4.78, 5) is 13.1. The van der Waals surface area contributed by atoms with Crippen molar-refractivity contribution in [2.75, 3.05) is 33.3 Å². The molecule has 1 aromatic carbocycles. The molecule has 142 valence electrons. The van der Waals surface area contributed by atoms with Gasteiger partial charge in [0.1, 0.15) is 0 Å². The summed E-state index contributed by atoms with van der Waals surface area (Å²) < 4.78 is 5.16. The van der Waals surface area contributed by atoms with Crippen molar-refractivity contribution in [3.63, 3.8) is 0 Å². The van der Waals surface area contributed by atoms with Gasteiger partial charge in [0.2, 0.25) is 5.75 Å². The van der Waals surface area contributed by atoms with Gasteiger partial charge >= 0.3 is 5.69 Å². The minimum absolute atomic E-state index is 0. The zero-order chi connectivity index (χ0) is 16.4. The summed E-state index contributed by atoms with van der Waals surface area (Å²) in [6.07, 6.45) is 3.50. The molecule has 1 atom stereocenters. The van der Waals surface area contributed by atoms with Gasteiger partial charge < -0.3 is 15.2 Å². The zero-order valence-electron chi connectivity index (χ0n) is 14.1. The fraction of sp³-hybridized carbons (Fsp3) is 0.625. The van der Waals surface area contributed by atoms with E-state index >= 15 is 0 Å². The number of halogens is 2. The predicted octanol–water partition coefficient (Wildman–Crippen LogP) is 2.90. The minimum Gasteiger partial charge on any atom is -0.500 e. The maximum absolute atomic E-state index is 11.3. The maximum atomic E-state index is 11.3. The van der Waals surface area contributed by atoms with Gasteiger partial charge in [-0.15, -0.1) is 24.8 Å². The number of nitrogens with zero attached hydrogens (tertiary/aromatic N) is 2. The van der Waals surface area contributed by atoms with Gasteiger partial charge in [-0.2, -0.15) is 0 Å². The van der Waals surface area contributed by atoms with E-state index in [9.17, 15) is 15.2 Å². The molecule has 0 bridgehead atoms. The van der Waals surface area contributed by atoms with Gasteiger partial charge in [0, 0.05) is 38.3 Å². The van der Waals surface area contributed by atoms with Crippen LogP contribution in [0.25, 0.3) is 0 Å². The van der Waals surface area contributed by atoms with Crippen LogP contribution in [0.1, 0.15) is 30.9 Å². The van der Waals surface area contributed by atoms with Crippen LogP contribution >= 0.6 is 24.8 Å². The molecule has 0 unspecified atom stereocenters. The first-order valence-corrected chi connectivity index (χ1v) is 8.12. The van der Waals surface area contributed by atoms with Crippen LogP contribution in [0.5, 0.6) is 11.5 Å². The van der Waals surface area contributed by atoms with Gasteiger partial charge in [0.05, 0.1) is 12.0 Å². The molecule has 7 nitrogen and oxygen atoms in total. The number of rotatable bonds is 5. The van der Waals surface area contributed by atoms with Crippen LogP contribution in [0.3, 0.4) is 0 Å². The summed E-state index contributed by atoms with van der Waals surface area (Å²) in [5.41, 5.74) is 0.594. The van der Waals surface area contributed by atoms with Gasteiger partial charge in [-0.1, -0.05) is 6.42 Å². The number of piperazine rings is 1. The SMILES string of the molecule is COc1cc([C@@H](C2CCC2)N2CCNCC2)cc([N+](=O)[O-])c1O.Cl.Cl. The summed E-state index contributed by atoms with van der Waals surface area (Å²) >= 11 is 0. The quantitative estimate of drug-likeness (QED) is 0.590. The number of ether oxygens (including phenoxy) is 1. The third-order valence-corrected chi connectivity index (χ3v) is 4.98. The van der Waals surface area contributed by atoms with E-state index < -0.39 is 10.7 Å². The fourth-order valence-electron chi connectivity index (χ4n) is 3.58. The molecule has 2 aliphatic rings. The van der Waals surface area contributed by atoms with Crippen molar-refractivity contribution in [1.29, 1.82) is 0 Å². The molecule has 1 heterocycles. The van der Waals surface area contributed by atoms with Crippen LogP contribution in [0.2, 0.25) is 0 Å². The Kier molecular flexibility index (Phi) is 8.21. The number of benzene rings is 1. The van der Waals surface area contributed by atoms with E-state index in [0.717, 1.165) is 44.6 Å². The Balaban J connectivity index is 0.00000156. The lowest BCUT2D eigenvalue weighted by molar-refractivity contribution is -0.386. The van der Waals surface area contributed by atoms with Crippen molar-refractivity contribution in [2.24, 2.45) is 5.92 Å². The van der Waals surface area contributed by atoms with E-state index in [1.807, 2.05) is 0 Å². The second-order valence-corrected chi connectivity index (χ2v) is 6.27. The zero-order valence-corrected chi connectivity index (χ0v) is 15.8. The van der Waals surface area contributed by atoms with E-state index in [1.165, 1.54) is 19.6 Å². The standard InChI is InChI=1S/C16H23N3O4.2ClH/c1-23-14-10-12(9-13(16(14)20)19(21)22)15(11-3-2-4-11)18-7-5-17-6-8-18;;/h9-11,15,17,20H,2-8H2,1H3;2*1H/t15-;;/m1../s1. The molecule has 1 saturated carbocycles. The number of nitro benzene ring substituents is 1. The molecule has 9 heteroatoms. The summed E-state index contributed by atoms with van der Waals surface area (Å²) in [6.45, 7) is 3.72. The van der Waals surface area contributed by atoms with Crippen LogP contribution < -0.4 is 10.1 Å². The molecule has 25 heavy (non-hydrogen) atoms. The number of hydrogen-bond acceptors (Lipinski definition) is 6. The fourth-order valence-corrected chi connectivity index (χ4v) is 3.58. The third kappa shape index (κ3) is 4.47. The molecule has 1 aliphatic heterocycles.